The van der Waals surface area contributed by atoms with Crippen molar-refractivity contribution in [3.05, 3.63) is 134 Å². The summed E-state index contributed by atoms with van der Waals surface area (Å²) in [6, 6.07) is 0. The van der Waals surface area contributed by atoms with Gasteiger partial charge < -0.3 is 14.2 Å². The van der Waals surface area contributed by atoms with E-state index in [1.165, 1.54) is 19.3 Å². The molecule has 0 radical (unpaired) electrons. The lowest BCUT2D eigenvalue weighted by Gasteiger charge is -2.18. The number of ether oxygens (including phenoxy) is 3. The highest BCUT2D eigenvalue weighted by atomic mass is 16.6. The minimum Gasteiger partial charge on any atom is -0.462 e. The second kappa shape index (κ2) is 52.2. The van der Waals surface area contributed by atoms with E-state index in [0.29, 0.717) is 19.3 Å². The van der Waals surface area contributed by atoms with Gasteiger partial charge in [-0.1, -0.05) is 212 Å². The van der Waals surface area contributed by atoms with Crippen LogP contribution in [-0.2, 0) is 28.6 Å². The van der Waals surface area contributed by atoms with Gasteiger partial charge in [0.1, 0.15) is 13.2 Å². The van der Waals surface area contributed by atoms with Gasteiger partial charge in [0.05, 0.1) is 0 Å². The summed E-state index contributed by atoms with van der Waals surface area (Å²) in [7, 11) is 0. The Hall–Kier alpha value is -4.45. The van der Waals surface area contributed by atoms with Crippen LogP contribution in [0, 0.1) is 0 Å². The van der Waals surface area contributed by atoms with E-state index >= 15 is 0 Å². The first-order valence-electron chi connectivity index (χ1n) is 25.8. The number of hydrogen-bond acceptors (Lipinski definition) is 6. The average molecular weight is 897 g/mol. The third-order valence-electron chi connectivity index (χ3n) is 10.3. The molecule has 0 fully saturated rings. The summed E-state index contributed by atoms with van der Waals surface area (Å²) >= 11 is 0. The number of esters is 3. The molecule has 0 rings (SSSR count). The summed E-state index contributed by atoms with van der Waals surface area (Å²) in [4.78, 5) is 38.0. The molecular weight excluding hydrogens is 805 g/mol. The van der Waals surface area contributed by atoms with E-state index in [4.69, 9.17) is 14.2 Å². The Morgan fingerprint density at radius 2 is 0.631 bits per heavy atom. The van der Waals surface area contributed by atoms with Gasteiger partial charge >= 0.3 is 17.9 Å². The number of rotatable bonds is 44. The Morgan fingerprint density at radius 3 is 1.05 bits per heavy atom. The minimum atomic E-state index is -0.811. The lowest BCUT2D eigenvalue weighted by Crippen LogP contribution is -2.30. The summed E-state index contributed by atoms with van der Waals surface area (Å²) in [5.74, 6) is -0.984. The zero-order chi connectivity index (χ0) is 47.2. The van der Waals surface area contributed by atoms with Crippen molar-refractivity contribution in [2.45, 2.75) is 207 Å². The molecule has 0 spiro atoms. The topological polar surface area (TPSA) is 78.9 Å². The van der Waals surface area contributed by atoms with Crippen LogP contribution < -0.4 is 0 Å². The lowest BCUT2D eigenvalue weighted by atomic mass is 10.1. The van der Waals surface area contributed by atoms with E-state index < -0.39 is 6.10 Å². The van der Waals surface area contributed by atoms with Crippen LogP contribution in [0.1, 0.15) is 201 Å². The molecule has 0 aromatic heterocycles. The van der Waals surface area contributed by atoms with Crippen LogP contribution in [0.2, 0.25) is 0 Å². The van der Waals surface area contributed by atoms with Crippen molar-refractivity contribution >= 4 is 17.9 Å². The lowest BCUT2D eigenvalue weighted by molar-refractivity contribution is -0.167. The van der Waals surface area contributed by atoms with Gasteiger partial charge in [0.15, 0.2) is 6.10 Å². The third-order valence-corrected chi connectivity index (χ3v) is 10.3. The zero-order valence-corrected chi connectivity index (χ0v) is 41.4. The molecule has 1 atom stereocenters. The quantitative estimate of drug-likeness (QED) is 0.0199. The molecule has 0 bridgehead atoms. The SMILES string of the molecule is CC/C=C/C=C/C=C/CCCCCCCCCC(=O)OC(COC(=O)CCCCC/C=C/C/C=C/C/C=C/C/C=C/C/C=C/CC)COC(=O)CCCCCCC/C=C/C=C/C=C/CC. The van der Waals surface area contributed by atoms with Crippen LogP contribution in [0.25, 0.3) is 0 Å². The fraction of sp³-hybridized carbons (Fsp3) is 0.576. The largest absolute Gasteiger partial charge is 0.462 e. The molecule has 0 amide bonds. The predicted octanol–water partition coefficient (Wildman–Crippen LogP) is 17.1. The van der Waals surface area contributed by atoms with Gasteiger partial charge in [-0.05, 0) is 103 Å². The molecule has 6 heteroatoms. The van der Waals surface area contributed by atoms with E-state index in [9.17, 15) is 14.4 Å². The molecule has 65 heavy (non-hydrogen) atoms. The first-order chi connectivity index (χ1) is 32.0. The van der Waals surface area contributed by atoms with Gasteiger partial charge in [0.2, 0.25) is 0 Å². The van der Waals surface area contributed by atoms with Crippen molar-refractivity contribution < 1.29 is 28.6 Å². The molecule has 0 heterocycles. The number of carbonyl (C=O) groups is 3. The molecule has 364 valence electrons. The maximum absolute atomic E-state index is 12.8. The standard InChI is InChI=1S/C59H92O6/c1-4-7-10-13-16-19-22-25-27-28-29-30-32-34-37-40-43-46-49-52-58(61)64-55-56(54-63-57(60)51-48-45-42-39-36-33-24-21-18-15-12-9-6-3)65-59(62)53-50-47-44-41-38-35-31-26-23-20-17-14-11-8-5-2/h7-12,14-21,23-25,27,29-30,34,37,56H,4-6,13,22,26,28,31-33,35-36,38-55H2,1-3H3/b10-7+,11-8+,12-9+,17-14+,18-15+,19-16+,23-20+,24-21+,27-25+,30-29+,37-34+. The van der Waals surface area contributed by atoms with Crippen molar-refractivity contribution in [1.29, 1.82) is 0 Å². The average Bonchev–Trinajstić information content (AvgIpc) is 3.30. The van der Waals surface area contributed by atoms with Crippen LogP contribution in [0.15, 0.2) is 134 Å². The fourth-order valence-corrected chi connectivity index (χ4v) is 6.47. The zero-order valence-electron chi connectivity index (χ0n) is 41.4. The normalized spacial score (nSPS) is 13.2. The van der Waals surface area contributed by atoms with Crippen LogP contribution in [0.3, 0.4) is 0 Å². The summed E-state index contributed by atoms with van der Waals surface area (Å²) in [5, 5.41) is 0. The summed E-state index contributed by atoms with van der Waals surface area (Å²) in [6.45, 7) is 6.18. The summed E-state index contributed by atoms with van der Waals surface area (Å²) in [5.41, 5.74) is 0. The highest BCUT2D eigenvalue weighted by Gasteiger charge is 2.19. The van der Waals surface area contributed by atoms with Crippen molar-refractivity contribution in [3.8, 4) is 0 Å². The van der Waals surface area contributed by atoms with Crippen LogP contribution in [0.4, 0.5) is 0 Å². The van der Waals surface area contributed by atoms with Gasteiger partial charge in [0.25, 0.3) is 0 Å². The molecule has 6 nitrogen and oxygen atoms in total. The first-order valence-corrected chi connectivity index (χ1v) is 25.8. The Bertz CT molecular complexity index is 1450. The molecule has 0 aromatic carbocycles. The van der Waals surface area contributed by atoms with Crippen LogP contribution in [-0.4, -0.2) is 37.2 Å². The van der Waals surface area contributed by atoms with E-state index in [-0.39, 0.29) is 31.1 Å². The van der Waals surface area contributed by atoms with Gasteiger partial charge in [-0.25, -0.2) is 0 Å². The van der Waals surface area contributed by atoms with Crippen molar-refractivity contribution in [3.63, 3.8) is 0 Å². The van der Waals surface area contributed by atoms with Crippen LogP contribution in [0.5, 0.6) is 0 Å². The second-order valence-electron chi connectivity index (χ2n) is 16.4. The predicted molar refractivity (Wildman–Crippen MR) is 279 cm³/mol. The van der Waals surface area contributed by atoms with Crippen molar-refractivity contribution in [2.24, 2.45) is 0 Å². The van der Waals surface area contributed by atoms with Gasteiger partial charge in [0, 0.05) is 19.3 Å². The number of allylic oxidation sites excluding steroid dienone is 22. The molecule has 0 aliphatic heterocycles. The number of carbonyl (C=O) groups excluding carboxylic acids is 3. The molecule has 0 aliphatic rings. The molecule has 0 aromatic rings. The monoisotopic (exact) mass is 897 g/mol. The Balaban J connectivity index is 4.51. The third kappa shape index (κ3) is 50.4. The summed E-state index contributed by atoms with van der Waals surface area (Å²) < 4.78 is 16.7. The molecule has 1 unspecified atom stereocenters. The van der Waals surface area contributed by atoms with E-state index in [2.05, 4.69) is 154 Å². The molecular formula is C59H92O6. The van der Waals surface area contributed by atoms with Crippen LogP contribution >= 0.6 is 0 Å². The van der Waals surface area contributed by atoms with E-state index in [1.807, 2.05) is 0 Å². The highest BCUT2D eigenvalue weighted by Crippen LogP contribution is 2.13. The maximum atomic E-state index is 12.8. The van der Waals surface area contributed by atoms with Crippen molar-refractivity contribution in [1.82, 2.24) is 0 Å². The molecule has 0 saturated heterocycles. The van der Waals surface area contributed by atoms with E-state index in [0.717, 1.165) is 141 Å². The maximum Gasteiger partial charge on any atom is 0.306 e. The Morgan fingerprint density at radius 1 is 0.323 bits per heavy atom. The highest BCUT2D eigenvalue weighted by molar-refractivity contribution is 5.71. The molecule has 0 aliphatic carbocycles. The number of unbranched alkanes of at least 4 members (excludes halogenated alkanes) is 15. The Labute approximate surface area is 398 Å². The summed E-state index contributed by atoms with van der Waals surface area (Å²) in [6.07, 6.45) is 72.9. The van der Waals surface area contributed by atoms with E-state index in [1.54, 1.807) is 0 Å². The second-order valence-corrected chi connectivity index (χ2v) is 16.4. The number of hydrogen-bond donors (Lipinski definition) is 0. The smallest absolute Gasteiger partial charge is 0.306 e. The molecule has 0 saturated carbocycles. The van der Waals surface area contributed by atoms with Gasteiger partial charge in [-0.2, -0.15) is 0 Å². The molecule has 0 N–H and O–H groups in total. The van der Waals surface area contributed by atoms with Crippen molar-refractivity contribution in [2.75, 3.05) is 13.2 Å². The minimum absolute atomic E-state index is 0.110. The fourth-order valence-electron chi connectivity index (χ4n) is 6.47. The van der Waals surface area contributed by atoms with Gasteiger partial charge in [-0.3, -0.25) is 14.4 Å². The van der Waals surface area contributed by atoms with Gasteiger partial charge in [-0.15, -0.1) is 0 Å². The first kappa shape index (κ1) is 60.5. The Kier molecular flexibility index (Phi) is 48.6.